The van der Waals surface area contributed by atoms with Crippen molar-refractivity contribution in [2.45, 2.75) is 26.4 Å². The van der Waals surface area contributed by atoms with Crippen molar-refractivity contribution < 1.29 is 4.39 Å². The number of halogens is 1. The van der Waals surface area contributed by atoms with E-state index in [0.717, 1.165) is 24.5 Å². The summed E-state index contributed by atoms with van der Waals surface area (Å²) >= 11 is 0. The van der Waals surface area contributed by atoms with Gasteiger partial charge in [0.25, 0.3) is 0 Å². The van der Waals surface area contributed by atoms with Gasteiger partial charge in [-0.25, -0.2) is 9.97 Å². The Morgan fingerprint density at radius 1 is 1.35 bits per heavy atom. The Balaban J connectivity index is 1.97. The van der Waals surface area contributed by atoms with Gasteiger partial charge in [-0.05, 0) is 18.6 Å². The van der Waals surface area contributed by atoms with Crippen LogP contribution in [-0.4, -0.2) is 14.5 Å². The topological polar surface area (TPSA) is 42.7 Å². The Morgan fingerprint density at radius 2 is 2.24 bits per heavy atom. The van der Waals surface area contributed by atoms with Crippen LogP contribution in [0.15, 0.2) is 30.7 Å². The van der Waals surface area contributed by atoms with Crippen LogP contribution in [0.5, 0.6) is 0 Å². The van der Waals surface area contributed by atoms with Crippen LogP contribution in [0.1, 0.15) is 19.2 Å². The largest absolute Gasteiger partial charge is 0.377 e. The van der Waals surface area contributed by atoms with Crippen LogP contribution >= 0.6 is 0 Å². The maximum Gasteiger partial charge on any atom is 0.212 e. The lowest BCUT2D eigenvalue weighted by Gasteiger charge is -2.08. The molecule has 0 fully saturated rings. The van der Waals surface area contributed by atoms with E-state index in [1.165, 1.54) is 12.3 Å². The number of aryl methyl sites for hydroxylation is 1. The molecule has 0 aromatic carbocycles. The van der Waals surface area contributed by atoms with Crippen LogP contribution in [0.3, 0.4) is 0 Å². The summed E-state index contributed by atoms with van der Waals surface area (Å²) in [5.74, 6) is 0.499. The summed E-state index contributed by atoms with van der Waals surface area (Å²) in [4.78, 5) is 7.85. The van der Waals surface area contributed by atoms with E-state index in [2.05, 4.69) is 26.8 Å². The molecular weight excluding hydrogens is 219 g/mol. The van der Waals surface area contributed by atoms with E-state index in [1.807, 2.05) is 6.20 Å². The second kappa shape index (κ2) is 5.43. The molecule has 0 aliphatic carbocycles. The molecule has 5 heteroatoms. The summed E-state index contributed by atoms with van der Waals surface area (Å²) in [7, 11) is 0. The predicted molar refractivity (Wildman–Crippen MR) is 64.0 cm³/mol. The molecule has 0 spiro atoms. The summed E-state index contributed by atoms with van der Waals surface area (Å²) in [6.07, 6.45) is 6.29. The van der Waals surface area contributed by atoms with Crippen molar-refractivity contribution in [3.8, 4) is 0 Å². The third kappa shape index (κ3) is 3.03. The van der Waals surface area contributed by atoms with E-state index in [0.29, 0.717) is 6.54 Å². The number of pyridine rings is 1. The fourth-order valence-electron chi connectivity index (χ4n) is 1.61. The van der Waals surface area contributed by atoms with E-state index < -0.39 is 5.95 Å². The minimum absolute atomic E-state index is 0.469. The number of rotatable bonds is 5. The van der Waals surface area contributed by atoms with Crippen molar-refractivity contribution in [1.29, 1.82) is 0 Å². The van der Waals surface area contributed by atoms with Crippen molar-refractivity contribution in [1.82, 2.24) is 14.5 Å². The molecule has 2 aromatic heterocycles. The highest BCUT2D eigenvalue weighted by atomic mass is 19.1. The fourth-order valence-corrected chi connectivity index (χ4v) is 1.61. The van der Waals surface area contributed by atoms with E-state index in [9.17, 15) is 4.39 Å². The first kappa shape index (κ1) is 11.6. The van der Waals surface area contributed by atoms with Crippen molar-refractivity contribution in [3.63, 3.8) is 0 Å². The van der Waals surface area contributed by atoms with E-state index in [4.69, 9.17) is 0 Å². The molecule has 17 heavy (non-hydrogen) atoms. The van der Waals surface area contributed by atoms with Crippen LogP contribution in [0, 0.1) is 5.95 Å². The Kier molecular flexibility index (Phi) is 3.69. The number of hydrogen-bond acceptors (Lipinski definition) is 3. The lowest BCUT2D eigenvalue weighted by atomic mass is 10.4. The number of hydrogen-bond donors (Lipinski definition) is 1. The smallest absolute Gasteiger partial charge is 0.212 e. The Labute approximate surface area is 99.5 Å². The molecule has 1 N–H and O–H groups in total. The third-order valence-corrected chi connectivity index (χ3v) is 2.44. The summed E-state index contributed by atoms with van der Waals surface area (Å²) in [5.41, 5.74) is 0.789. The quantitative estimate of drug-likeness (QED) is 0.808. The minimum atomic E-state index is -0.469. The average molecular weight is 234 g/mol. The number of anilines is 1. The fraction of sp³-hybridized carbons (Fsp3) is 0.333. The van der Waals surface area contributed by atoms with Gasteiger partial charge in [-0.2, -0.15) is 4.39 Å². The maximum absolute atomic E-state index is 12.6. The molecule has 2 rings (SSSR count). The zero-order chi connectivity index (χ0) is 12.1. The van der Waals surface area contributed by atoms with Gasteiger partial charge in [-0.15, -0.1) is 0 Å². The van der Waals surface area contributed by atoms with Gasteiger partial charge in [0.15, 0.2) is 0 Å². The summed E-state index contributed by atoms with van der Waals surface area (Å²) in [5, 5.41) is 3.16. The van der Waals surface area contributed by atoms with Gasteiger partial charge in [-0.3, -0.25) is 0 Å². The van der Waals surface area contributed by atoms with Gasteiger partial charge in [0.05, 0.1) is 18.4 Å². The molecule has 2 heterocycles. The molecular formula is C12H15FN4. The molecule has 2 aromatic rings. The van der Waals surface area contributed by atoms with Crippen LogP contribution in [0.2, 0.25) is 0 Å². The summed E-state index contributed by atoms with van der Waals surface area (Å²) in [6, 6.07) is 3.00. The highest BCUT2D eigenvalue weighted by Crippen LogP contribution is 2.07. The monoisotopic (exact) mass is 234 g/mol. The molecule has 0 atom stereocenters. The highest BCUT2D eigenvalue weighted by molar-refractivity contribution is 5.39. The molecule has 0 radical (unpaired) electrons. The average Bonchev–Trinajstić information content (AvgIpc) is 2.77. The van der Waals surface area contributed by atoms with Crippen molar-refractivity contribution in [2.75, 3.05) is 5.32 Å². The molecule has 0 bridgehead atoms. The Hall–Kier alpha value is -1.91. The first-order valence-electron chi connectivity index (χ1n) is 5.65. The van der Waals surface area contributed by atoms with Gasteiger partial charge in [-0.1, -0.05) is 6.92 Å². The molecule has 0 aliphatic heterocycles. The SMILES string of the molecule is CCCn1ccnc1CNc1ccc(F)nc1. The number of nitrogens with zero attached hydrogens (tertiary/aromatic N) is 3. The first-order valence-corrected chi connectivity index (χ1v) is 5.65. The second-order valence-corrected chi connectivity index (χ2v) is 3.76. The zero-order valence-electron chi connectivity index (χ0n) is 9.73. The lowest BCUT2D eigenvalue weighted by molar-refractivity contribution is 0.584. The third-order valence-electron chi connectivity index (χ3n) is 2.44. The first-order chi connectivity index (χ1) is 8.29. The van der Waals surface area contributed by atoms with Crippen LogP contribution in [0.25, 0.3) is 0 Å². The van der Waals surface area contributed by atoms with Gasteiger partial charge in [0, 0.05) is 18.9 Å². The molecule has 0 saturated carbocycles. The van der Waals surface area contributed by atoms with Crippen LogP contribution < -0.4 is 5.32 Å². The molecule has 90 valence electrons. The van der Waals surface area contributed by atoms with Crippen LogP contribution in [-0.2, 0) is 13.1 Å². The van der Waals surface area contributed by atoms with Gasteiger partial charge >= 0.3 is 0 Å². The highest BCUT2D eigenvalue weighted by Gasteiger charge is 2.01. The molecule has 0 amide bonds. The van der Waals surface area contributed by atoms with Gasteiger partial charge < -0.3 is 9.88 Å². The lowest BCUT2D eigenvalue weighted by Crippen LogP contribution is -2.08. The molecule has 0 unspecified atom stereocenters. The minimum Gasteiger partial charge on any atom is -0.377 e. The molecule has 0 saturated heterocycles. The Bertz CT molecular complexity index is 464. The van der Waals surface area contributed by atoms with Gasteiger partial charge in [0.1, 0.15) is 5.82 Å². The second-order valence-electron chi connectivity index (χ2n) is 3.76. The number of nitrogens with one attached hydrogen (secondary N) is 1. The maximum atomic E-state index is 12.6. The summed E-state index contributed by atoms with van der Waals surface area (Å²) in [6.45, 7) is 3.69. The van der Waals surface area contributed by atoms with E-state index in [-0.39, 0.29) is 0 Å². The molecule has 4 nitrogen and oxygen atoms in total. The standard InChI is InChI=1S/C12H15FN4/c1-2-6-17-7-5-14-12(17)9-15-10-3-4-11(13)16-8-10/h3-5,7-8,15H,2,6,9H2,1H3. The van der Waals surface area contributed by atoms with Gasteiger partial charge in [0.2, 0.25) is 5.95 Å². The van der Waals surface area contributed by atoms with Crippen molar-refractivity contribution in [2.24, 2.45) is 0 Å². The Morgan fingerprint density at radius 3 is 2.94 bits per heavy atom. The molecule has 0 aliphatic rings. The number of aromatic nitrogens is 3. The van der Waals surface area contributed by atoms with Crippen molar-refractivity contribution >= 4 is 5.69 Å². The predicted octanol–water partition coefficient (Wildman–Crippen LogP) is 2.44. The normalized spacial score (nSPS) is 10.5. The summed E-state index contributed by atoms with van der Waals surface area (Å²) < 4.78 is 14.7. The van der Waals surface area contributed by atoms with Crippen molar-refractivity contribution in [3.05, 3.63) is 42.5 Å². The van der Waals surface area contributed by atoms with E-state index >= 15 is 0 Å². The van der Waals surface area contributed by atoms with Crippen LogP contribution in [0.4, 0.5) is 10.1 Å². The van der Waals surface area contributed by atoms with E-state index in [1.54, 1.807) is 12.3 Å². The zero-order valence-corrected chi connectivity index (χ0v) is 9.73. The number of imidazole rings is 1.